The molecule has 0 atom stereocenters. The zero-order valence-electron chi connectivity index (χ0n) is 18.9. The number of nitrogens with zero attached hydrogens (tertiary/aromatic N) is 4. The van der Waals surface area contributed by atoms with E-state index in [1.165, 1.54) is 11.1 Å². The Balaban J connectivity index is 1.29. The van der Waals surface area contributed by atoms with Crippen LogP contribution in [0.25, 0.3) is 0 Å². The zero-order chi connectivity index (χ0) is 22.1. The largest absolute Gasteiger partial charge is 0.330 e. The number of aryl methyl sites for hydroxylation is 2. The molecule has 5 rings (SSSR count). The first-order valence-electron chi connectivity index (χ1n) is 11.6. The minimum Gasteiger partial charge on any atom is -0.330 e. The van der Waals surface area contributed by atoms with Gasteiger partial charge in [0, 0.05) is 36.9 Å². The van der Waals surface area contributed by atoms with Crippen LogP contribution < -0.4 is 0 Å². The van der Waals surface area contributed by atoms with Gasteiger partial charge in [0.1, 0.15) is 0 Å². The molecule has 32 heavy (non-hydrogen) atoms. The third kappa shape index (κ3) is 4.30. The molecule has 2 aromatic heterocycles. The average Bonchev–Trinajstić information content (AvgIpc) is 3.24. The summed E-state index contributed by atoms with van der Waals surface area (Å²) < 4.78 is 0. The number of hydrogen-bond acceptors (Lipinski definition) is 4. The van der Waals surface area contributed by atoms with Gasteiger partial charge in [0.25, 0.3) is 5.91 Å². The molecule has 0 bridgehead atoms. The normalized spacial score (nSPS) is 16.9. The first-order chi connectivity index (χ1) is 15.6. The van der Waals surface area contributed by atoms with Crippen molar-refractivity contribution >= 4 is 5.91 Å². The van der Waals surface area contributed by atoms with E-state index in [0.717, 1.165) is 60.8 Å². The Morgan fingerprint density at radius 1 is 0.875 bits per heavy atom. The third-order valence-electron chi connectivity index (χ3n) is 6.73. The maximum Gasteiger partial charge on any atom is 0.256 e. The Labute approximate surface area is 190 Å². The predicted octanol–water partition coefficient (Wildman–Crippen LogP) is 4.63. The number of aromatic nitrogens is 2. The third-order valence-corrected chi connectivity index (χ3v) is 6.73. The Kier molecular flexibility index (Phi) is 5.75. The fourth-order valence-corrected chi connectivity index (χ4v) is 5.00. The van der Waals surface area contributed by atoms with Crippen molar-refractivity contribution in [3.8, 4) is 0 Å². The second kappa shape index (κ2) is 8.83. The number of carbonyl (C=O) groups is 1. The maximum absolute atomic E-state index is 13.5. The Bertz CT molecular complexity index is 1110. The van der Waals surface area contributed by atoms with E-state index in [4.69, 9.17) is 4.98 Å². The Morgan fingerprint density at radius 3 is 2.25 bits per heavy atom. The molecule has 1 saturated heterocycles. The van der Waals surface area contributed by atoms with Crippen LogP contribution in [-0.4, -0.2) is 38.8 Å². The molecule has 1 amide bonds. The van der Waals surface area contributed by atoms with Crippen LogP contribution in [0.1, 0.15) is 63.0 Å². The van der Waals surface area contributed by atoms with E-state index >= 15 is 0 Å². The summed E-state index contributed by atoms with van der Waals surface area (Å²) in [7, 11) is 0. The highest BCUT2D eigenvalue weighted by atomic mass is 16.2. The summed E-state index contributed by atoms with van der Waals surface area (Å²) in [5, 5.41) is 0. The first-order valence-corrected chi connectivity index (χ1v) is 11.6. The van der Waals surface area contributed by atoms with Crippen LogP contribution in [0.3, 0.4) is 0 Å². The van der Waals surface area contributed by atoms with E-state index in [2.05, 4.69) is 34.1 Å². The summed E-state index contributed by atoms with van der Waals surface area (Å²) in [6, 6.07) is 18.5. The van der Waals surface area contributed by atoms with E-state index in [1.54, 1.807) is 0 Å². The van der Waals surface area contributed by atoms with Crippen LogP contribution in [0, 0.1) is 13.8 Å². The van der Waals surface area contributed by atoms with E-state index in [9.17, 15) is 4.79 Å². The van der Waals surface area contributed by atoms with Crippen LogP contribution in [0.15, 0.2) is 54.6 Å². The molecule has 0 radical (unpaired) electrons. The minimum atomic E-state index is 0.107. The number of pyridine rings is 2. The van der Waals surface area contributed by atoms with Crippen molar-refractivity contribution in [1.29, 1.82) is 0 Å². The van der Waals surface area contributed by atoms with E-state index < -0.39 is 0 Å². The van der Waals surface area contributed by atoms with Crippen molar-refractivity contribution in [3.05, 3.63) is 94.1 Å². The van der Waals surface area contributed by atoms with Crippen molar-refractivity contribution in [2.75, 3.05) is 13.1 Å². The number of benzene rings is 1. The molecule has 5 heteroatoms. The molecule has 164 valence electrons. The molecule has 0 unspecified atom stereocenters. The summed E-state index contributed by atoms with van der Waals surface area (Å²) in [4.78, 5) is 27.4. The summed E-state index contributed by atoms with van der Waals surface area (Å²) in [5.41, 5.74) is 7.44. The lowest BCUT2D eigenvalue weighted by atomic mass is 9.89. The maximum atomic E-state index is 13.5. The second-order valence-electron chi connectivity index (χ2n) is 9.14. The average molecular weight is 427 g/mol. The quantitative estimate of drug-likeness (QED) is 0.610. The lowest BCUT2D eigenvalue weighted by Crippen LogP contribution is -2.34. The van der Waals surface area contributed by atoms with Crippen molar-refractivity contribution in [2.24, 2.45) is 0 Å². The van der Waals surface area contributed by atoms with Gasteiger partial charge in [0.2, 0.25) is 0 Å². The number of piperidine rings is 1. The van der Waals surface area contributed by atoms with Gasteiger partial charge >= 0.3 is 0 Å². The number of rotatable bonds is 4. The fraction of sp³-hybridized carbons (Fsp3) is 0.370. The number of hydrogen-bond donors (Lipinski definition) is 0. The van der Waals surface area contributed by atoms with E-state index in [0.29, 0.717) is 19.0 Å². The van der Waals surface area contributed by atoms with Gasteiger partial charge < -0.3 is 4.90 Å². The summed E-state index contributed by atoms with van der Waals surface area (Å²) in [6.45, 7) is 8.30. The van der Waals surface area contributed by atoms with Gasteiger partial charge in [-0.3, -0.25) is 19.7 Å². The van der Waals surface area contributed by atoms with Crippen LogP contribution in [-0.2, 0) is 19.6 Å². The molecule has 1 aromatic carbocycles. The van der Waals surface area contributed by atoms with Gasteiger partial charge in [-0.25, -0.2) is 0 Å². The van der Waals surface area contributed by atoms with Crippen molar-refractivity contribution in [1.82, 2.24) is 19.8 Å². The molecule has 0 aliphatic carbocycles. The SMILES string of the molecule is Cc1cccc(CN2CCC(c3nc(C)ccc3C(=O)N3Cc4ccccc4C3)CC2)n1. The van der Waals surface area contributed by atoms with Crippen LogP contribution in [0.4, 0.5) is 0 Å². The van der Waals surface area contributed by atoms with Crippen molar-refractivity contribution < 1.29 is 4.79 Å². The van der Waals surface area contributed by atoms with Gasteiger partial charge in [-0.2, -0.15) is 0 Å². The Hall–Kier alpha value is -3.05. The first kappa shape index (κ1) is 20.8. The highest BCUT2D eigenvalue weighted by Crippen LogP contribution is 2.32. The number of amides is 1. The van der Waals surface area contributed by atoms with Gasteiger partial charge in [-0.15, -0.1) is 0 Å². The molecule has 3 aromatic rings. The molecule has 2 aliphatic rings. The van der Waals surface area contributed by atoms with Crippen molar-refractivity contribution in [2.45, 2.75) is 52.2 Å². The minimum absolute atomic E-state index is 0.107. The Morgan fingerprint density at radius 2 is 1.56 bits per heavy atom. The molecular formula is C27H30N4O. The van der Waals surface area contributed by atoms with Crippen LogP contribution in [0.5, 0.6) is 0 Å². The lowest BCUT2D eigenvalue weighted by Gasteiger charge is -2.32. The van der Waals surface area contributed by atoms with Gasteiger partial charge in [0.05, 0.1) is 17.0 Å². The lowest BCUT2D eigenvalue weighted by molar-refractivity contribution is 0.0748. The molecule has 0 saturated carbocycles. The smallest absolute Gasteiger partial charge is 0.256 e. The molecule has 2 aliphatic heterocycles. The van der Waals surface area contributed by atoms with E-state index in [-0.39, 0.29) is 5.91 Å². The number of likely N-dealkylation sites (tertiary alicyclic amines) is 1. The van der Waals surface area contributed by atoms with Crippen molar-refractivity contribution in [3.63, 3.8) is 0 Å². The second-order valence-corrected chi connectivity index (χ2v) is 9.14. The van der Waals surface area contributed by atoms with Crippen LogP contribution in [0.2, 0.25) is 0 Å². The van der Waals surface area contributed by atoms with Crippen LogP contribution >= 0.6 is 0 Å². The zero-order valence-corrected chi connectivity index (χ0v) is 18.9. The highest BCUT2D eigenvalue weighted by Gasteiger charge is 2.30. The van der Waals surface area contributed by atoms with Gasteiger partial charge in [-0.05, 0) is 75.2 Å². The number of carbonyl (C=O) groups excluding carboxylic acids is 1. The monoisotopic (exact) mass is 426 g/mol. The van der Waals surface area contributed by atoms with E-state index in [1.807, 2.05) is 49.1 Å². The summed E-state index contributed by atoms with van der Waals surface area (Å²) in [6.07, 6.45) is 2.03. The molecule has 1 fully saturated rings. The molecule has 5 nitrogen and oxygen atoms in total. The summed E-state index contributed by atoms with van der Waals surface area (Å²) >= 11 is 0. The van der Waals surface area contributed by atoms with Gasteiger partial charge in [0.15, 0.2) is 0 Å². The molecule has 0 N–H and O–H groups in total. The predicted molar refractivity (Wildman–Crippen MR) is 125 cm³/mol. The summed E-state index contributed by atoms with van der Waals surface area (Å²) in [5.74, 6) is 0.427. The molecule has 4 heterocycles. The number of fused-ring (bicyclic) bond motifs is 1. The highest BCUT2D eigenvalue weighted by molar-refractivity contribution is 5.95. The molecular weight excluding hydrogens is 396 g/mol. The van der Waals surface area contributed by atoms with Gasteiger partial charge in [-0.1, -0.05) is 30.3 Å². The topological polar surface area (TPSA) is 49.3 Å². The fourth-order valence-electron chi connectivity index (χ4n) is 5.00. The molecule has 0 spiro atoms. The standard InChI is InChI=1S/C27H30N4O/c1-19-6-5-9-24(28-19)18-30-14-12-21(13-15-30)26-25(11-10-20(2)29-26)27(32)31-16-22-7-3-4-8-23(22)17-31/h3-11,21H,12-18H2,1-2H3.